The Morgan fingerprint density at radius 1 is 1.10 bits per heavy atom. The van der Waals surface area contributed by atoms with Crippen LogP contribution in [0.5, 0.6) is 11.5 Å². The van der Waals surface area contributed by atoms with Crippen molar-refractivity contribution in [3.05, 3.63) is 78.6 Å². The highest BCUT2D eigenvalue weighted by molar-refractivity contribution is 9.10. The Kier molecular flexibility index (Phi) is 8.46. The molecule has 0 fully saturated rings. The summed E-state index contributed by atoms with van der Waals surface area (Å²) in [5, 5.41) is 0.575. The highest BCUT2D eigenvalue weighted by Gasteiger charge is 2.45. The monoisotopic (exact) mass is 640 g/mol. The maximum atomic E-state index is 13.9. The van der Waals surface area contributed by atoms with E-state index in [1.165, 1.54) is 12.0 Å². The fourth-order valence-electron chi connectivity index (χ4n) is 4.91. The molecule has 41 heavy (non-hydrogen) atoms. The van der Waals surface area contributed by atoms with Gasteiger partial charge in [0, 0.05) is 4.47 Å². The third kappa shape index (κ3) is 5.36. The number of esters is 1. The summed E-state index contributed by atoms with van der Waals surface area (Å²) in [4.78, 5) is 46.4. The lowest BCUT2D eigenvalue weighted by atomic mass is 9.98. The Morgan fingerprint density at radius 2 is 1.90 bits per heavy atom. The molecule has 1 aliphatic heterocycles. The summed E-state index contributed by atoms with van der Waals surface area (Å²) >= 11 is 4.44. The van der Waals surface area contributed by atoms with Crippen LogP contribution in [0, 0.1) is 6.92 Å². The van der Waals surface area contributed by atoms with Crippen molar-refractivity contribution in [3.63, 3.8) is 0 Å². The third-order valence-electron chi connectivity index (χ3n) is 6.95. The number of hydrogen-bond donors (Lipinski definition) is 0. The third-order valence-corrected chi connectivity index (χ3v) is 8.58. The fourth-order valence-corrected chi connectivity index (χ4v) is 6.28. The maximum absolute atomic E-state index is 13.9. The molecule has 0 saturated carbocycles. The van der Waals surface area contributed by atoms with Gasteiger partial charge in [0.05, 0.1) is 43.5 Å². The zero-order valence-electron chi connectivity index (χ0n) is 23.1. The van der Waals surface area contributed by atoms with Crippen molar-refractivity contribution in [3.8, 4) is 11.5 Å². The molecule has 1 atom stereocenters. The summed E-state index contributed by atoms with van der Waals surface area (Å²) in [5.74, 6) is -0.127. The van der Waals surface area contributed by atoms with Crippen LogP contribution in [0.25, 0.3) is 11.0 Å². The summed E-state index contributed by atoms with van der Waals surface area (Å²) in [6, 6.07) is 9.51. The van der Waals surface area contributed by atoms with Crippen LogP contribution in [0.15, 0.2) is 50.1 Å². The number of benzene rings is 2. The first kappa shape index (κ1) is 28.8. The van der Waals surface area contributed by atoms with Gasteiger partial charge in [-0.25, -0.2) is 9.78 Å². The second-order valence-corrected chi connectivity index (χ2v) is 11.5. The summed E-state index contributed by atoms with van der Waals surface area (Å²) < 4.78 is 23.3. The quantitative estimate of drug-likeness (QED) is 0.137. The summed E-state index contributed by atoms with van der Waals surface area (Å²) in [7, 11) is 2.83. The van der Waals surface area contributed by atoms with Crippen LogP contribution in [0.2, 0.25) is 0 Å². The average molecular weight is 642 g/mol. The molecule has 3 heterocycles. The number of thiazole rings is 1. The van der Waals surface area contributed by atoms with Crippen molar-refractivity contribution in [1.82, 2.24) is 4.98 Å². The first-order chi connectivity index (χ1) is 19.8. The molecule has 0 aliphatic carbocycles. The number of nitrogens with zero attached hydrogens (tertiary/aromatic N) is 2. The second-order valence-electron chi connectivity index (χ2n) is 9.61. The summed E-state index contributed by atoms with van der Waals surface area (Å²) in [6.45, 7) is 4.37. The number of aromatic nitrogens is 1. The van der Waals surface area contributed by atoms with Crippen molar-refractivity contribution in [2.24, 2.45) is 0 Å². The molecule has 1 amide bonds. The van der Waals surface area contributed by atoms with E-state index in [-0.39, 0.29) is 26.8 Å². The van der Waals surface area contributed by atoms with Crippen LogP contribution in [-0.2, 0) is 4.74 Å². The van der Waals surface area contributed by atoms with Gasteiger partial charge in [-0.2, -0.15) is 0 Å². The van der Waals surface area contributed by atoms with E-state index in [0.29, 0.717) is 44.8 Å². The molecule has 2 aromatic carbocycles. The van der Waals surface area contributed by atoms with Gasteiger partial charge in [0.15, 0.2) is 22.1 Å². The smallest absolute Gasteiger partial charge is 0.350 e. The zero-order valence-corrected chi connectivity index (χ0v) is 25.5. The topological polar surface area (TPSA) is 108 Å². The predicted octanol–water partition coefficient (Wildman–Crippen LogP) is 6.82. The Labute approximate surface area is 249 Å². The van der Waals surface area contributed by atoms with E-state index in [1.54, 1.807) is 50.4 Å². The van der Waals surface area contributed by atoms with E-state index >= 15 is 0 Å². The molecule has 0 N–H and O–H groups in total. The summed E-state index contributed by atoms with van der Waals surface area (Å²) in [6.07, 6.45) is 4.28. The maximum Gasteiger partial charge on any atom is 0.350 e. The van der Waals surface area contributed by atoms with Gasteiger partial charge in [-0.1, -0.05) is 59.5 Å². The molecular formula is C30H29BrN2O7S. The van der Waals surface area contributed by atoms with Crippen molar-refractivity contribution >= 4 is 55.2 Å². The Balaban J connectivity index is 1.65. The average Bonchev–Trinajstić information content (AvgIpc) is 3.50. The number of rotatable bonds is 10. The number of ether oxygens (including phenoxy) is 3. The first-order valence-electron chi connectivity index (χ1n) is 13.2. The van der Waals surface area contributed by atoms with Gasteiger partial charge in [-0.3, -0.25) is 14.5 Å². The largest absolute Gasteiger partial charge is 0.493 e. The molecule has 2 aromatic heterocycles. The molecule has 9 nitrogen and oxygen atoms in total. The van der Waals surface area contributed by atoms with Crippen molar-refractivity contribution in [1.29, 1.82) is 0 Å². The van der Waals surface area contributed by atoms with Gasteiger partial charge in [-0.05, 0) is 49.2 Å². The molecule has 5 rings (SSSR count). The molecule has 1 unspecified atom stereocenters. The molecule has 0 radical (unpaired) electrons. The van der Waals surface area contributed by atoms with E-state index in [4.69, 9.17) is 18.6 Å². The molecule has 214 valence electrons. The van der Waals surface area contributed by atoms with Crippen molar-refractivity contribution in [2.75, 3.05) is 25.7 Å². The van der Waals surface area contributed by atoms with Crippen LogP contribution in [-0.4, -0.2) is 37.7 Å². The number of carbonyl (C=O) groups is 2. The number of amides is 1. The van der Waals surface area contributed by atoms with Crippen LogP contribution in [0.4, 0.5) is 5.13 Å². The lowest BCUT2D eigenvalue weighted by molar-refractivity contribution is 0.0605. The SMILES string of the molecule is CCCCCCOc1ccc(C2c3c(oc4ccc(Br)cc4c3=O)C(=O)N2c2nc(C)c(C(=O)OC)s2)cc1OC. The number of hydrogen-bond acceptors (Lipinski definition) is 9. The molecule has 0 spiro atoms. The second kappa shape index (κ2) is 12.0. The zero-order chi connectivity index (χ0) is 29.3. The highest BCUT2D eigenvalue weighted by atomic mass is 79.9. The van der Waals surface area contributed by atoms with Gasteiger partial charge < -0.3 is 18.6 Å². The van der Waals surface area contributed by atoms with Gasteiger partial charge in [0.25, 0.3) is 5.91 Å². The minimum Gasteiger partial charge on any atom is -0.493 e. The number of fused-ring (bicyclic) bond motifs is 2. The molecule has 0 bridgehead atoms. The Bertz CT molecular complexity index is 1700. The number of aryl methyl sites for hydroxylation is 1. The first-order valence-corrected chi connectivity index (χ1v) is 14.9. The molecule has 1 aliphatic rings. The lowest BCUT2D eigenvalue weighted by Gasteiger charge is -2.23. The van der Waals surface area contributed by atoms with Gasteiger partial charge in [0.1, 0.15) is 10.5 Å². The number of anilines is 1. The van der Waals surface area contributed by atoms with Crippen molar-refractivity contribution in [2.45, 2.75) is 45.6 Å². The van der Waals surface area contributed by atoms with E-state index in [0.717, 1.165) is 37.0 Å². The number of carbonyl (C=O) groups excluding carboxylic acids is 2. The number of halogens is 1. The summed E-state index contributed by atoms with van der Waals surface area (Å²) in [5.41, 5.74) is 1.16. The van der Waals surface area contributed by atoms with E-state index < -0.39 is 17.9 Å². The minimum atomic E-state index is -0.888. The van der Waals surface area contributed by atoms with Gasteiger partial charge in [-0.15, -0.1) is 0 Å². The lowest BCUT2D eigenvalue weighted by Crippen LogP contribution is -2.29. The van der Waals surface area contributed by atoms with E-state index in [1.807, 2.05) is 0 Å². The van der Waals surface area contributed by atoms with E-state index in [9.17, 15) is 14.4 Å². The van der Waals surface area contributed by atoms with Crippen molar-refractivity contribution < 1.29 is 28.2 Å². The normalized spacial score (nSPS) is 14.4. The van der Waals surface area contributed by atoms with Crippen LogP contribution in [0.1, 0.15) is 75.7 Å². The number of methoxy groups -OCH3 is 2. The molecule has 11 heteroatoms. The van der Waals surface area contributed by atoms with E-state index in [2.05, 4.69) is 27.8 Å². The predicted molar refractivity (Wildman–Crippen MR) is 160 cm³/mol. The van der Waals surface area contributed by atoms with Gasteiger partial charge in [0.2, 0.25) is 5.76 Å². The van der Waals surface area contributed by atoms with Gasteiger partial charge >= 0.3 is 5.97 Å². The molecular weight excluding hydrogens is 612 g/mol. The molecule has 0 saturated heterocycles. The fraction of sp³-hybridized carbons (Fsp3) is 0.333. The molecule has 4 aromatic rings. The highest BCUT2D eigenvalue weighted by Crippen LogP contribution is 2.45. The standard InChI is InChI=1S/C30H29BrN2O7S/c1-5-6-7-8-13-39-21-11-9-17(14-22(21)37-3)24-23-25(34)19-15-18(31)10-12-20(19)40-26(23)28(35)33(24)30-32-16(2)27(41-30)29(36)38-4/h9-12,14-15,24H,5-8,13H2,1-4H3. The number of unbranched alkanes of at least 4 members (excludes halogenated alkanes) is 3. The van der Waals surface area contributed by atoms with Crippen LogP contribution < -0.4 is 19.8 Å². The van der Waals surface area contributed by atoms with Crippen LogP contribution >= 0.6 is 27.3 Å². The minimum absolute atomic E-state index is 0.0717. The Morgan fingerprint density at radius 3 is 2.63 bits per heavy atom. The van der Waals surface area contributed by atoms with Crippen LogP contribution in [0.3, 0.4) is 0 Å². The Hall–Kier alpha value is -3.70.